The Kier molecular flexibility index (Phi) is 3.22. The molecule has 0 saturated carbocycles. The molecule has 0 aliphatic carbocycles. The summed E-state index contributed by atoms with van der Waals surface area (Å²) in [5.74, 6) is 1.61. The van der Waals surface area contributed by atoms with Crippen molar-refractivity contribution in [2.24, 2.45) is 0 Å². The molecule has 2 aliphatic heterocycles. The van der Waals surface area contributed by atoms with Crippen molar-refractivity contribution in [1.82, 2.24) is 10.3 Å². The Morgan fingerprint density at radius 2 is 2.28 bits per heavy atom. The molecule has 3 rings (SSSR count). The maximum Gasteiger partial charge on any atom is 0.129 e. The lowest BCUT2D eigenvalue weighted by Gasteiger charge is -2.35. The molecule has 2 atom stereocenters. The number of aromatic nitrogens is 1. The van der Waals surface area contributed by atoms with Gasteiger partial charge in [-0.1, -0.05) is 13.0 Å². The molecule has 4 heteroatoms. The van der Waals surface area contributed by atoms with Crippen LogP contribution in [0.2, 0.25) is 0 Å². The second kappa shape index (κ2) is 4.86. The predicted octanol–water partition coefficient (Wildman–Crippen LogP) is 1.51. The largest absolute Gasteiger partial charge is 0.377 e. The van der Waals surface area contributed by atoms with E-state index in [9.17, 15) is 0 Å². The highest BCUT2D eigenvalue weighted by Gasteiger charge is 2.23. The Morgan fingerprint density at radius 3 is 3.11 bits per heavy atom. The summed E-state index contributed by atoms with van der Waals surface area (Å²) < 4.78 is 5.49. The van der Waals surface area contributed by atoms with Crippen molar-refractivity contribution >= 4 is 5.82 Å². The van der Waals surface area contributed by atoms with Crippen molar-refractivity contribution < 1.29 is 4.74 Å². The standard InChI is InChI=1S/C14H21N3O/c1-10-7-15-8-12-3-4-13(16-14(10)12)17-5-6-18-9-11(17)2/h3-4,10-11,15H,5-9H2,1-2H3/t10-,11-/m1/s1. The average Bonchev–Trinajstić information content (AvgIpc) is 2.40. The molecule has 18 heavy (non-hydrogen) atoms. The summed E-state index contributed by atoms with van der Waals surface area (Å²) in [6.07, 6.45) is 0. The van der Waals surface area contributed by atoms with E-state index in [1.807, 2.05) is 0 Å². The number of anilines is 1. The normalized spacial score (nSPS) is 28.0. The van der Waals surface area contributed by atoms with Gasteiger partial charge in [-0.2, -0.15) is 0 Å². The monoisotopic (exact) mass is 247 g/mol. The molecule has 3 heterocycles. The maximum atomic E-state index is 5.49. The first-order chi connectivity index (χ1) is 8.75. The minimum Gasteiger partial charge on any atom is -0.377 e. The molecule has 0 unspecified atom stereocenters. The topological polar surface area (TPSA) is 37.4 Å². The van der Waals surface area contributed by atoms with E-state index in [0.29, 0.717) is 12.0 Å². The van der Waals surface area contributed by atoms with E-state index in [2.05, 4.69) is 36.2 Å². The van der Waals surface area contributed by atoms with Crippen molar-refractivity contribution in [3.05, 3.63) is 23.4 Å². The van der Waals surface area contributed by atoms with Crippen LogP contribution in [0.15, 0.2) is 12.1 Å². The third-order valence-electron chi connectivity index (χ3n) is 3.89. The number of rotatable bonds is 1. The molecule has 1 saturated heterocycles. The van der Waals surface area contributed by atoms with Crippen LogP contribution in [0.25, 0.3) is 0 Å². The Bertz CT molecular complexity index is 435. The van der Waals surface area contributed by atoms with Crippen LogP contribution >= 0.6 is 0 Å². The van der Waals surface area contributed by atoms with Crippen LogP contribution < -0.4 is 10.2 Å². The molecule has 98 valence electrons. The second-order valence-corrected chi connectivity index (χ2v) is 5.36. The zero-order valence-electron chi connectivity index (χ0n) is 11.1. The molecule has 0 bridgehead atoms. The van der Waals surface area contributed by atoms with Crippen LogP contribution in [-0.2, 0) is 11.3 Å². The Hall–Kier alpha value is -1.13. The molecule has 0 aromatic carbocycles. The van der Waals surface area contributed by atoms with Gasteiger partial charge in [0.2, 0.25) is 0 Å². The van der Waals surface area contributed by atoms with Crippen LogP contribution in [-0.4, -0.2) is 37.3 Å². The summed E-state index contributed by atoms with van der Waals surface area (Å²) in [7, 11) is 0. The lowest BCUT2D eigenvalue weighted by atomic mass is 9.98. The number of hydrogen-bond donors (Lipinski definition) is 1. The fourth-order valence-electron chi connectivity index (χ4n) is 2.82. The summed E-state index contributed by atoms with van der Waals surface area (Å²) in [6.45, 7) is 8.97. The Morgan fingerprint density at radius 1 is 1.39 bits per heavy atom. The third kappa shape index (κ3) is 2.10. The van der Waals surface area contributed by atoms with Crippen molar-refractivity contribution in [2.75, 3.05) is 31.2 Å². The van der Waals surface area contributed by atoms with Crippen molar-refractivity contribution in [3.8, 4) is 0 Å². The number of ether oxygens (including phenoxy) is 1. The SMILES string of the molecule is C[C@@H]1CNCc2ccc(N3CCOC[C@H]3C)nc21. The Balaban J connectivity index is 1.91. The second-order valence-electron chi connectivity index (χ2n) is 5.36. The molecule has 1 aromatic heterocycles. The Labute approximate surface area is 108 Å². The summed E-state index contributed by atoms with van der Waals surface area (Å²) in [4.78, 5) is 7.26. The van der Waals surface area contributed by atoms with E-state index in [1.165, 1.54) is 11.3 Å². The highest BCUT2D eigenvalue weighted by Crippen LogP contribution is 2.26. The van der Waals surface area contributed by atoms with Crippen LogP contribution in [0, 0.1) is 0 Å². The van der Waals surface area contributed by atoms with Gasteiger partial charge in [0.1, 0.15) is 5.82 Å². The van der Waals surface area contributed by atoms with E-state index in [-0.39, 0.29) is 0 Å². The summed E-state index contributed by atoms with van der Waals surface area (Å²) in [5, 5.41) is 3.42. The molecular weight excluding hydrogens is 226 g/mol. The molecule has 0 spiro atoms. The first kappa shape index (κ1) is 11.9. The molecule has 1 aromatic rings. The fourth-order valence-corrected chi connectivity index (χ4v) is 2.82. The van der Waals surface area contributed by atoms with Gasteiger partial charge in [-0.15, -0.1) is 0 Å². The quantitative estimate of drug-likeness (QED) is 0.816. The minimum absolute atomic E-state index is 0.418. The summed E-state index contributed by atoms with van der Waals surface area (Å²) in [6, 6.07) is 4.80. The van der Waals surface area contributed by atoms with Crippen LogP contribution in [0.1, 0.15) is 31.0 Å². The molecule has 4 nitrogen and oxygen atoms in total. The smallest absolute Gasteiger partial charge is 0.129 e. The number of nitrogens with one attached hydrogen (secondary N) is 1. The minimum atomic E-state index is 0.418. The van der Waals surface area contributed by atoms with Gasteiger partial charge in [-0.05, 0) is 18.6 Å². The van der Waals surface area contributed by atoms with Crippen LogP contribution in [0.5, 0.6) is 0 Å². The first-order valence-electron chi connectivity index (χ1n) is 6.80. The van der Waals surface area contributed by atoms with Crippen LogP contribution in [0.4, 0.5) is 5.82 Å². The van der Waals surface area contributed by atoms with Gasteiger partial charge in [-0.25, -0.2) is 4.98 Å². The van der Waals surface area contributed by atoms with E-state index >= 15 is 0 Å². The average molecular weight is 247 g/mol. The van der Waals surface area contributed by atoms with Gasteiger partial charge < -0.3 is 15.0 Å². The van der Waals surface area contributed by atoms with E-state index < -0.39 is 0 Å². The molecule has 1 N–H and O–H groups in total. The van der Waals surface area contributed by atoms with Crippen LogP contribution in [0.3, 0.4) is 0 Å². The number of morpholine rings is 1. The van der Waals surface area contributed by atoms with Crippen molar-refractivity contribution in [2.45, 2.75) is 32.4 Å². The van der Waals surface area contributed by atoms with Gasteiger partial charge in [-0.3, -0.25) is 0 Å². The van der Waals surface area contributed by atoms with E-state index in [1.54, 1.807) is 0 Å². The molecule has 0 amide bonds. The van der Waals surface area contributed by atoms with E-state index in [4.69, 9.17) is 9.72 Å². The number of pyridine rings is 1. The fraction of sp³-hybridized carbons (Fsp3) is 0.643. The maximum absolute atomic E-state index is 5.49. The third-order valence-corrected chi connectivity index (χ3v) is 3.89. The van der Waals surface area contributed by atoms with Gasteiger partial charge in [0.25, 0.3) is 0 Å². The number of fused-ring (bicyclic) bond motifs is 1. The lowest BCUT2D eigenvalue weighted by Crippen LogP contribution is -2.44. The summed E-state index contributed by atoms with van der Waals surface area (Å²) >= 11 is 0. The molecule has 1 fully saturated rings. The molecular formula is C14H21N3O. The van der Waals surface area contributed by atoms with Crippen molar-refractivity contribution in [3.63, 3.8) is 0 Å². The first-order valence-corrected chi connectivity index (χ1v) is 6.80. The van der Waals surface area contributed by atoms with Gasteiger partial charge >= 0.3 is 0 Å². The molecule has 0 radical (unpaired) electrons. The van der Waals surface area contributed by atoms with Gasteiger partial charge in [0.05, 0.1) is 24.9 Å². The highest BCUT2D eigenvalue weighted by atomic mass is 16.5. The predicted molar refractivity (Wildman–Crippen MR) is 72.0 cm³/mol. The van der Waals surface area contributed by atoms with Gasteiger partial charge in [0.15, 0.2) is 0 Å². The highest BCUT2D eigenvalue weighted by molar-refractivity contribution is 5.44. The number of nitrogens with zero attached hydrogens (tertiary/aromatic N) is 2. The zero-order chi connectivity index (χ0) is 12.5. The van der Waals surface area contributed by atoms with Gasteiger partial charge in [0, 0.05) is 25.6 Å². The summed E-state index contributed by atoms with van der Waals surface area (Å²) in [5.41, 5.74) is 2.61. The number of hydrogen-bond acceptors (Lipinski definition) is 4. The lowest BCUT2D eigenvalue weighted by molar-refractivity contribution is 0.0985. The zero-order valence-corrected chi connectivity index (χ0v) is 11.1. The van der Waals surface area contributed by atoms with Crippen molar-refractivity contribution in [1.29, 1.82) is 0 Å². The van der Waals surface area contributed by atoms with E-state index in [0.717, 1.165) is 38.7 Å². The molecule has 2 aliphatic rings.